The molecule has 1 aliphatic heterocycles. The van der Waals surface area contributed by atoms with Crippen molar-refractivity contribution in [2.24, 2.45) is 0 Å². The van der Waals surface area contributed by atoms with E-state index in [4.69, 9.17) is 0 Å². The number of anilines is 3. The van der Waals surface area contributed by atoms with E-state index < -0.39 is 0 Å². The molecule has 0 atom stereocenters. The van der Waals surface area contributed by atoms with Crippen LogP contribution in [0, 0.1) is 6.92 Å². The molecule has 3 rings (SSSR count). The molecular formula is C19H27N5. The van der Waals surface area contributed by atoms with Gasteiger partial charge in [-0.3, -0.25) is 0 Å². The maximum absolute atomic E-state index is 4.63. The maximum atomic E-state index is 4.63. The van der Waals surface area contributed by atoms with Gasteiger partial charge in [0.1, 0.15) is 17.5 Å². The molecule has 1 saturated heterocycles. The Morgan fingerprint density at radius 3 is 2.33 bits per heavy atom. The first-order valence-corrected chi connectivity index (χ1v) is 8.87. The van der Waals surface area contributed by atoms with Crippen LogP contribution in [-0.4, -0.2) is 47.6 Å². The largest absolute Gasteiger partial charge is 0.354 e. The van der Waals surface area contributed by atoms with Gasteiger partial charge in [0.15, 0.2) is 0 Å². The Bertz CT molecular complexity index is 660. The number of aromatic nitrogens is 2. The summed E-state index contributed by atoms with van der Waals surface area (Å²) in [5, 5.41) is 3.41. The monoisotopic (exact) mass is 325 g/mol. The average molecular weight is 325 g/mol. The number of piperazine rings is 1. The summed E-state index contributed by atoms with van der Waals surface area (Å²) in [5.74, 6) is 2.68. The molecule has 0 amide bonds. The summed E-state index contributed by atoms with van der Waals surface area (Å²) in [4.78, 5) is 14.0. The van der Waals surface area contributed by atoms with Crippen molar-refractivity contribution in [1.29, 1.82) is 0 Å². The number of nitrogens with zero attached hydrogens (tertiary/aromatic N) is 4. The molecule has 2 heterocycles. The van der Waals surface area contributed by atoms with E-state index >= 15 is 0 Å². The van der Waals surface area contributed by atoms with Gasteiger partial charge in [-0.15, -0.1) is 0 Å². The van der Waals surface area contributed by atoms with Crippen LogP contribution in [0.15, 0.2) is 30.3 Å². The first-order chi connectivity index (χ1) is 11.7. The standard InChI is InChI=1S/C19H27N5/c1-4-16-6-8-17(9-7-16)22-18-14-19(21-15(3)20-18)24-12-10-23(5-2)11-13-24/h6-9,14H,4-5,10-13H2,1-3H3,(H,20,21,22). The van der Waals surface area contributed by atoms with Gasteiger partial charge in [-0.2, -0.15) is 0 Å². The molecule has 5 nitrogen and oxygen atoms in total. The minimum atomic E-state index is 0.804. The molecule has 0 saturated carbocycles. The SMILES string of the molecule is CCc1ccc(Nc2cc(N3CCN(CC)CC3)nc(C)n2)cc1. The molecule has 1 fully saturated rings. The highest BCUT2D eigenvalue weighted by molar-refractivity contribution is 5.60. The predicted octanol–water partition coefficient (Wildman–Crippen LogP) is 3.23. The molecule has 0 aliphatic carbocycles. The van der Waals surface area contributed by atoms with Crippen LogP contribution >= 0.6 is 0 Å². The number of likely N-dealkylation sites (N-methyl/N-ethyl adjacent to an activating group) is 1. The summed E-state index contributed by atoms with van der Waals surface area (Å²) in [6.45, 7) is 11.7. The number of benzene rings is 1. The number of aryl methyl sites for hydroxylation is 2. The van der Waals surface area contributed by atoms with Crippen LogP contribution in [0.25, 0.3) is 0 Å². The lowest BCUT2D eigenvalue weighted by Gasteiger charge is -2.34. The smallest absolute Gasteiger partial charge is 0.136 e. The summed E-state index contributed by atoms with van der Waals surface area (Å²) in [5.41, 5.74) is 2.40. The lowest BCUT2D eigenvalue weighted by atomic mass is 10.1. The van der Waals surface area contributed by atoms with Crippen molar-refractivity contribution in [1.82, 2.24) is 14.9 Å². The summed E-state index contributed by atoms with van der Waals surface area (Å²) in [7, 11) is 0. The van der Waals surface area contributed by atoms with Crippen molar-refractivity contribution in [2.75, 3.05) is 42.9 Å². The van der Waals surface area contributed by atoms with Crippen molar-refractivity contribution in [2.45, 2.75) is 27.2 Å². The molecule has 5 heteroatoms. The van der Waals surface area contributed by atoms with Crippen LogP contribution in [0.4, 0.5) is 17.3 Å². The third-order valence-corrected chi connectivity index (χ3v) is 4.60. The normalized spacial score (nSPS) is 15.5. The first kappa shape index (κ1) is 16.7. The second kappa shape index (κ2) is 7.62. The first-order valence-electron chi connectivity index (χ1n) is 8.87. The van der Waals surface area contributed by atoms with E-state index in [2.05, 4.69) is 69.3 Å². The molecule has 0 spiro atoms. The van der Waals surface area contributed by atoms with Gasteiger partial charge < -0.3 is 15.1 Å². The summed E-state index contributed by atoms with van der Waals surface area (Å²) in [6.07, 6.45) is 1.06. The zero-order valence-corrected chi connectivity index (χ0v) is 14.9. The molecule has 24 heavy (non-hydrogen) atoms. The van der Waals surface area contributed by atoms with Crippen LogP contribution in [0.2, 0.25) is 0 Å². The Kier molecular flexibility index (Phi) is 5.30. The molecule has 0 radical (unpaired) electrons. The van der Waals surface area contributed by atoms with Crippen molar-refractivity contribution < 1.29 is 0 Å². The van der Waals surface area contributed by atoms with Gasteiger partial charge in [-0.05, 0) is 37.6 Å². The van der Waals surface area contributed by atoms with E-state index in [9.17, 15) is 0 Å². The quantitative estimate of drug-likeness (QED) is 0.914. The summed E-state index contributed by atoms with van der Waals surface area (Å²) in [6, 6.07) is 10.6. The zero-order chi connectivity index (χ0) is 16.9. The average Bonchev–Trinajstić information content (AvgIpc) is 2.62. The Morgan fingerprint density at radius 1 is 1.00 bits per heavy atom. The molecule has 1 aromatic carbocycles. The molecular weight excluding hydrogens is 298 g/mol. The van der Waals surface area contributed by atoms with Gasteiger partial charge in [-0.25, -0.2) is 9.97 Å². The zero-order valence-electron chi connectivity index (χ0n) is 14.9. The Morgan fingerprint density at radius 2 is 1.71 bits per heavy atom. The van der Waals surface area contributed by atoms with Gasteiger partial charge in [0, 0.05) is 37.9 Å². The van der Waals surface area contributed by atoms with E-state index in [1.54, 1.807) is 0 Å². The van der Waals surface area contributed by atoms with E-state index in [0.29, 0.717) is 0 Å². The van der Waals surface area contributed by atoms with Crippen molar-refractivity contribution in [3.05, 3.63) is 41.7 Å². The van der Waals surface area contributed by atoms with Gasteiger partial charge in [0.25, 0.3) is 0 Å². The molecule has 0 unspecified atom stereocenters. The number of rotatable bonds is 5. The van der Waals surface area contributed by atoms with Gasteiger partial charge in [0.05, 0.1) is 0 Å². The maximum Gasteiger partial charge on any atom is 0.136 e. The van der Waals surface area contributed by atoms with Crippen molar-refractivity contribution in [3.63, 3.8) is 0 Å². The Labute approximate surface area is 144 Å². The number of hydrogen-bond acceptors (Lipinski definition) is 5. The lowest BCUT2D eigenvalue weighted by molar-refractivity contribution is 0.270. The number of nitrogens with one attached hydrogen (secondary N) is 1. The van der Waals surface area contributed by atoms with Crippen LogP contribution in [0.1, 0.15) is 25.2 Å². The third kappa shape index (κ3) is 4.03. The van der Waals surface area contributed by atoms with Crippen LogP contribution in [-0.2, 0) is 6.42 Å². The fraction of sp³-hybridized carbons (Fsp3) is 0.474. The van der Waals surface area contributed by atoms with E-state index in [1.807, 2.05) is 6.92 Å². The van der Waals surface area contributed by atoms with Crippen LogP contribution in [0.5, 0.6) is 0 Å². The molecule has 128 valence electrons. The highest BCUT2D eigenvalue weighted by Crippen LogP contribution is 2.21. The molecule has 1 aliphatic rings. The molecule has 1 N–H and O–H groups in total. The second-order valence-corrected chi connectivity index (χ2v) is 6.26. The minimum absolute atomic E-state index is 0.804. The predicted molar refractivity (Wildman–Crippen MR) is 100 cm³/mol. The van der Waals surface area contributed by atoms with Gasteiger partial charge in [0.2, 0.25) is 0 Å². The van der Waals surface area contributed by atoms with Crippen LogP contribution in [0.3, 0.4) is 0 Å². The second-order valence-electron chi connectivity index (χ2n) is 6.26. The number of hydrogen-bond donors (Lipinski definition) is 1. The molecule has 0 bridgehead atoms. The molecule has 2 aromatic rings. The third-order valence-electron chi connectivity index (χ3n) is 4.60. The fourth-order valence-electron chi connectivity index (χ4n) is 3.04. The van der Waals surface area contributed by atoms with E-state index in [-0.39, 0.29) is 0 Å². The lowest BCUT2D eigenvalue weighted by Crippen LogP contribution is -2.46. The Balaban J connectivity index is 1.73. The van der Waals surface area contributed by atoms with Gasteiger partial charge >= 0.3 is 0 Å². The highest BCUT2D eigenvalue weighted by atomic mass is 15.3. The van der Waals surface area contributed by atoms with E-state index in [0.717, 1.165) is 62.3 Å². The Hall–Kier alpha value is -2.14. The fourth-order valence-corrected chi connectivity index (χ4v) is 3.04. The van der Waals surface area contributed by atoms with Crippen molar-refractivity contribution >= 4 is 17.3 Å². The minimum Gasteiger partial charge on any atom is -0.354 e. The van der Waals surface area contributed by atoms with Crippen molar-refractivity contribution in [3.8, 4) is 0 Å². The van der Waals surface area contributed by atoms with Gasteiger partial charge in [-0.1, -0.05) is 26.0 Å². The van der Waals surface area contributed by atoms with Crippen LogP contribution < -0.4 is 10.2 Å². The topological polar surface area (TPSA) is 44.3 Å². The highest BCUT2D eigenvalue weighted by Gasteiger charge is 2.17. The summed E-state index contributed by atoms with van der Waals surface area (Å²) >= 11 is 0. The molecule has 1 aromatic heterocycles. The summed E-state index contributed by atoms with van der Waals surface area (Å²) < 4.78 is 0. The van der Waals surface area contributed by atoms with E-state index in [1.165, 1.54) is 5.56 Å².